The van der Waals surface area contributed by atoms with E-state index in [4.69, 9.17) is 9.47 Å². The Morgan fingerprint density at radius 1 is 0.935 bits per heavy atom. The maximum absolute atomic E-state index is 13.8. The van der Waals surface area contributed by atoms with Gasteiger partial charge in [-0.2, -0.15) is 0 Å². The summed E-state index contributed by atoms with van der Waals surface area (Å²) in [6.45, 7) is -0.0737. The Morgan fingerprint density at radius 2 is 1.57 bits per heavy atom. The van der Waals surface area contributed by atoms with Gasteiger partial charge < -0.3 is 40.1 Å². The molecule has 17 heteroatoms. The lowest BCUT2D eigenvalue weighted by atomic mass is 9.97. The Balaban J connectivity index is 1.38. The summed E-state index contributed by atoms with van der Waals surface area (Å²) in [4.78, 5) is 0. The summed E-state index contributed by atoms with van der Waals surface area (Å²) in [7, 11) is 0. The lowest BCUT2D eigenvalue weighted by Gasteiger charge is -2.43. The van der Waals surface area contributed by atoms with Crippen LogP contribution < -0.4 is 0 Å². The molecule has 5 unspecified atom stereocenters. The van der Waals surface area contributed by atoms with E-state index in [1.807, 2.05) is 0 Å². The van der Waals surface area contributed by atoms with Crippen LogP contribution in [0.1, 0.15) is 13.0 Å². The van der Waals surface area contributed by atoms with E-state index in [2.05, 4.69) is 20.6 Å². The van der Waals surface area contributed by atoms with Crippen LogP contribution in [-0.2, 0) is 16.0 Å². The van der Waals surface area contributed by atoms with Gasteiger partial charge in [-0.3, -0.25) is 0 Å². The molecule has 0 saturated carbocycles. The van der Waals surface area contributed by atoms with Crippen molar-refractivity contribution >= 4 is 11.8 Å². The Labute approximate surface area is 265 Å². The summed E-state index contributed by atoms with van der Waals surface area (Å²) in [6.07, 6.45) is -4.99. The quantitative estimate of drug-likeness (QED) is 0.107. The van der Waals surface area contributed by atoms with Crippen LogP contribution in [0.15, 0.2) is 60.9 Å². The van der Waals surface area contributed by atoms with Crippen molar-refractivity contribution in [3.05, 3.63) is 72.6 Å². The van der Waals surface area contributed by atoms with Gasteiger partial charge >= 0.3 is 0 Å². The lowest BCUT2D eigenvalue weighted by Crippen LogP contribution is -2.56. The molecule has 3 heterocycles. The van der Waals surface area contributed by atoms with Crippen LogP contribution in [0.3, 0.4) is 0 Å². The molecule has 1 aliphatic rings. The zero-order valence-electron chi connectivity index (χ0n) is 24.4. The fourth-order valence-electron chi connectivity index (χ4n) is 4.97. The summed E-state index contributed by atoms with van der Waals surface area (Å²) < 4.78 is 41.7. The summed E-state index contributed by atoms with van der Waals surface area (Å²) >= 11 is 0.781. The monoisotopic (exact) mass is 664 g/mol. The number of benzene rings is 2. The molecule has 2 aromatic heterocycles. The van der Waals surface area contributed by atoms with E-state index < -0.39 is 78.4 Å². The number of halogens is 2. The minimum absolute atomic E-state index is 0.212. The van der Waals surface area contributed by atoms with Gasteiger partial charge in [0.05, 0.1) is 38.3 Å². The molecule has 9 atom stereocenters. The van der Waals surface area contributed by atoms with Gasteiger partial charge in [-0.25, -0.2) is 18.1 Å². The number of nitrogens with zero attached hydrogens (tertiary/aromatic N) is 6. The van der Waals surface area contributed by atoms with E-state index in [0.717, 1.165) is 11.8 Å². The summed E-state index contributed by atoms with van der Waals surface area (Å²) in [5, 5.41) is 79.8. The highest BCUT2D eigenvalue weighted by atomic mass is 32.2. The molecule has 46 heavy (non-hydrogen) atoms. The molecule has 14 nitrogen and oxygen atoms in total. The van der Waals surface area contributed by atoms with Gasteiger partial charge in [0.25, 0.3) is 0 Å². The third kappa shape index (κ3) is 7.76. The zero-order chi connectivity index (χ0) is 33.0. The number of aliphatic hydroxyl groups excluding tert-OH is 6. The first-order valence-electron chi connectivity index (χ1n) is 14.3. The second kappa shape index (κ2) is 15.0. The number of rotatable bonds is 13. The van der Waals surface area contributed by atoms with E-state index in [9.17, 15) is 39.4 Å². The van der Waals surface area contributed by atoms with Crippen LogP contribution in [0.5, 0.6) is 0 Å². The van der Waals surface area contributed by atoms with Crippen molar-refractivity contribution in [1.82, 2.24) is 30.0 Å². The molecule has 2 aromatic carbocycles. The van der Waals surface area contributed by atoms with Gasteiger partial charge in [0.2, 0.25) is 0 Å². The molecule has 4 aromatic rings. The van der Waals surface area contributed by atoms with Crippen molar-refractivity contribution in [2.45, 2.75) is 67.0 Å². The maximum atomic E-state index is 13.8. The van der Waals surface area contributed by atoms with Crippen LogP contribution in [0.4, 0.5) is 8.78 Å². The molecule has 5 rings (SSSR count). The Morgan fingerprint density at radius 3 is 2.15 bits per heavy atom. The molecule has 0 bridgehead atoms. The highest BCUT2D eigenvalue weighted by Crippen LogP contribution is 2.38. The minimum Gasteiger partial charge on any atom is -0.394 e. The van der Waals surface area contributed by atoms with E-state index in [1.165, 1.54) is 65.1 Å². The van der Waals surface area contributed by atoms with Crippen LogP contribution in [0.25, 0.3) is 22.5 Å². The average Bonchev–Trinajstić information content (AvgIpc) is 3.71. The van der Waals surface area contributed by atoms with Gasteiger partial charge in [0.1, 0.15) is 70.5 Å². The third-order valence-electron chi connectivity index (χ3n) is 7.43. The number of aliphatic hydroxyl groups is 6. The fourth-order valence-corrected chi connectivity index (χ4v) is 6.24. The first-order chi connectivity index (χ1) is 22.1. The number of ether oxygens (including phenoxy) is 2. The van der Waals surface area contributed by atoms with Crippen LogP contribution in [-0.4, -0.2) is 121 Å². The van der Waals surface area contributed by atoms with E-state index in [-0.39, 0.29) is 12.2 Å². The van der Waals surface area contributed by atoms with Crippen molar-refractivity contribution in [3.63, 3.8) is 0 Å². The lowest BCUT2D eigenvalue weighted by molar-refractivity contribution is -0.180. The predicted octanol–water partition coefficient (Wildman–Crippen LogP) is 0.341. The van der Waals surface area contributed by atoms with Crippen molar-refractivity contribution in [2.24, 2.45) is 0 Å². The second-order valence-corrected chi connectivity index (χ2v) is 12.0. The van der Waals surface area contributed by atoms with Crippen molar-refractivity contribution < 1.29 is 48.9 Å². The average molecular weight is 665 g/mol. The SMILES string of the molecule is C[C@@H](O)C(CO)OC(S[C@@H]1O[C@H](CO)C(O)C(n2cc(-c3cccc(F)c3)nn2)C1O)[C@@H](O)Cn1cc(-c2cccc(F)c2)nn1. The molecule has 0 amide bonds. The molecule has 1 fully saturated rings. The first-order valence-corrected chi connectivity index (χ1v) is 15.3. The number of hydrogen-bond donors (Lipinski definition) is 6. The van der Waals surface area contributed by atoms with Gasteiger partial charge in [-0.05, 0) is 31.2 Å². The fraction of sp³-hybridized carbons (Fsp3) is 0.448. The highest BCUT2D eigenvalue weighted by Gasteiger charge is 2.48. The molecule has 0 spiro atoms. The van der Waals surface area contributed by atoms with Gasteiger partial charge in [-0.1, -0.05) is 46.5 Å². The number of thioether (sulfide) groups is 1. The largest absolute Gasteiger partial charge is 0.394 e. The van der Waals surface area contributed by atoms with E-state index in [0.29, 0.717) is 16.8 Å². The van der Waals surface area contributed by atoms with Gasteiger partial charge in [-0.15, -0.1) is 10.2 Å². The number of hydrogen-bond acceptors (Lipinski definition) is 13. The normalized spacial score (nSPS) is 24.4. The van der Waals surface area contributed by atoms with Crippen molar-refractivity contribution in [3.8, 4) is 22.5 Å². The zero-order valence-corrected chi connectivity index (χ0v) is 25.3. The molecule has 1 saturated heterocycles. The van der Waals surface area contributed by atoms with Crippen LogP contribution in [0.2, 0.25) is 0 Å². The molecular formula is C29H34F2N6O8S. The molecule has 6 N–H and O–H groups in total. The third-order valence-corrected chi connectivity index (χ3v) is 8.78. The Bertz CT molecular complexity index is 1580. The van der Waals surface area contributed by atoms with Gasteiger partial charge in [0, 0.05) is 11.1 Å². The summed E-state index contributed by atoms with van der Waals surface area (Å²) in [6, 6.07) is 10.2. The maximum Gasteiger partial charge on any atom is 0.134 e. The molecule has 248 valence electrons. The summed E-state index contributed by atoms with van der Waals surface area (Å²) in [5.74, 6) is -0.953. The highest BCUT2D eigenvalue weighted by molar-refractivity contribution is 8.00. The second-order valence-electron chi connectivity index (χ2n) is 10.8. The van der Waals surface area contributed by atoms with Crippen molar-refractivity contribution in [1.29, 1.82) is 0 Å². The van der Waals surface area contributed by atoms with Crippen LogP contribution >= 0.6 is 11.8 Å². The molecule has 1 aliphatic heterocycles. The van der Waals surface area contributed by atoms with E-state index in [1.54, 1.807) is 12.1 Å². The van der Waals surface area contributed by atoms with Gasteiger partial charge in [0.15, 0.2) is 0 Å². The first kappa shape index (κ1) is 34.0. The Hall–Kier alpha value is -3.39. The smallest absolute Gasteiger partial charge is 0.134 e. The molecular weight excluding hydrogens is 630 g/mol. The molecule has 0 aliphatic carbocycles. The van der Waals surface area contributed by atoms with E-state index >= 15 is 0 Å². The predicted molar refractivity (Wildman–Crippen MR) is 159 cm³/mol. The summed E-state index contributed by atoms with van der Waals surface area (Å²) in [5.41, 5.74) is -1.05. The standard InChI is InChI=1S/C29H34F2N6O8S/c1-15(40)23(13-38)44-28(22(41)12-36-10-20(32-34-36)16-4-2-6-18(30)8-16)46-29-27(43)25(26(42)24(14-39)45-29)37-11-21(33-35-37)17-5-3-7-19(31)9-17/h2-11,15,22-29,38-43H,12-14H2,1H3/t15-,22+,23?,24-,25?,26?,27?,28?,29+/m1/s1. The van der Waals surface area contributed by atoms with Crippen molar-refractivity contribution in [2.75, 3.05) is 13.2 Å². The molecule has 0 radical (unpaired) electrons. The van der Waals surface area contributed by atoms with Crippen LogP contribution in [0, 0.1) is 11.6 Å². The Kier molecular flexibility index (Phi) is 11.1. The minimum atomic E-state index is -1.52. The number of aromatic nitrogens is 6. The topological polar surface area (TPSA) is 201 Å².